The van der Waals surface area contributed by atoms with Gasteiger partial charge in [0.15, 0.2) is 0 Å². The fourth-order valence-corrected chi connectivity index (χ4v) is 3.47. The normalized spacial score (nSPS) is 24.3. The molecule has 0 bridgehead atoms. The van der Waals surface area contributed by atoms with Crippen molar-refractivity contribution in [1.82, 2.24) is 4.90 Å². The van der Waals surface area contributed by atoms with Crippen LogP contribution in [0.1, 0.15) is 52.8 Å². The van der Waals surface area contributed by atoms with Crippen LogP contribution < -0.4 is 0 Å². The molecule has 2 amide bonds. The van der Waals surface area contributed by atoms with Gasteiger partial charge < -0.3 is 4.74 Å². The highest BCUT2D eigenvalue weighted by Gasteiger charge is 2.40. The van der Waals surface area contributed by atoms with Gasteiger partial charge in [-0.25, -0.2) is 0 Å². The molecule has 0 aromatic heterocycles. The topological polar surface area (TPSA) is 63.7 Å². The lowest BCUT2D eigenvalue weighted by molar-refractivity contribution is -0.142. The molecular formula is C17H19NO4. The van der Waals surface area contributed by atoms with Crippen molar-refractivity contribution in [2.24, 2.45) is 5.92 Å². The number of amides is 2. The van der Waals surface area contributed by atoms with E-state index >= 15 is 0 Å². The van der Waals surface area contributed by atoms with Gasteiger partial charge in [-0.15, -0.1) is 0 Å². The maximum atomic E-state index is 12.4. The molecule has 1 heterocycles. The number of rotatable bonds is 3. The van der Waals surface area contributed by atoms with E-state index < -0.39 is 0 Å². The van der Waals surface area contributed by atoms with Crippen LogP contribution in [0.5, 0.6) is 0 Å². The van der Waals surface area contributed by atoms with Gasteiger partial charge in [-0.3, -0.25) is 19.3 Å². The Balaban J connectivity index is 1.67. The Labute approximate surface area is 129 Å². The average molecular weight is 301 g/mol. The minimum atomic E-state index is -0.191. The average Bonchev–Trinajstić information content (AvgIpc) is 2.80. The van der Waals surface area contributed by atoms with Crippen LogP contribution in [0.2, 0.25) is 0 Å². The summed E-state index contributed by atoms with van der Waals surface area (Å²) >= 11 is 0. The van der Waals surface area contributed by atoms with Gasteiger partial charge >= 0.3 is 5.97 Å². The van der Waals surface area contributed by atoms with E-state index in [1.54, 1.807) is 24.3 Å². The summed E-state index contributed by atoms with van der Waals surface area (Å²) in [6, 6.07) is 6.92. The van der Waals surface area contributed by atoms with Gasteiger partial charge in [0.1, 0.15) is 0 Å². The van der Waals surface area contributed by atoms with E-state index in [1.165, 1.54) is 12.0 Å². The quantitative estimate of drug-likeness (QED) is 0.635. The van der Waals surface area contributed by atoms with Crippen molar-refractivity contribution in [2.45, 2.75) is 38.1 Å². The van der Waals surface area contributed by atoms with Gasteiger partial charge in [-0.05, 0) is 43.7 Å². The molecule has 0 N–H and O–H groups in total. The number of methoxy groups -OCH3 is 1. The van der Waals surface area contributed by atoms with Crippen LogP contribution in [0.25, 0.3) is 0 Å². The highest BCUT2D eigenvalue weighted by atomic mass is 16.5. The van der Waals surface area contributed by atoms with E-state index in [0.717, 1.165) is 25.7 Å². The van der Waals surface area contributed by atoms with Crippen LogP contribution in [0.15, 0.2) is 24.3 Å². The third kappa shape index (κ3) is 2.51. The number of hydrogen-bond acceptors (Lipinski definition) is 4. The van der Waals surface area contributed by atoms with Crippen LogP contribution in [0.4, 0.5) is 0 Å². The molecule has 1 fully saturated rings. The van der Waals surface area contributed by atoms with Crippen LogP contribution in [0, 0.1) is 5.92 Å². The van der Waals surface area contributed by atoms with Crippen LogP contribution >= 0.6 is 0 Å². The summed E-state index contributed by atoms with van der Waals surface area (Å²) in [6.07, 6.45) is 3.62. The van der Waals surface area contributed by atoms with Gasteiger partial charge in [0, 0.05) is 12.5 Å². The zero-order chi connectivity index (χ0) is 15.7. The second-order valence-corrected chi connectivity index (χ2v) is 5.98. The van der Waals surface area contributed by atoms with Crippen LogP contribution in [0.3, 0.4) is 0 Å². The Morgan fingerprint density at radius 2 is 1.64 bits per heavy atom. The lowest BCUT2D eigenvalue weighted by Crippen LogP contribution is -2.42. The molecule has 1 aromatic rings. The van der Waals surface area contributed by atoms with E-state index in [0.29, 0.717) is 23.5 Å². The summed E-state index contributed by atoms with van der Waals surface area (Å²) in [6.45, 7) is 0. The summed E-state index contributed by atoms with van der Waals surface area (Å²) in [4.78, 5) is 37.6. The summed E-state index contributed by atoms with van der Waals surface area (Å²) < 4.78 is 4.70. The van der Waals surface area contributed by atoms with Crippen molar-refractivity contribution < 1.29 is 19.1 Å². The summed E-state index contributed by atoms with van der Waals surface area (Å²) in [5.41, 5.74) is 1.01. The molecule has 0 atom stereocenters. The molecule has 1 saturated carbocycles. The smallest absolute Gasteiger partial charge is 0.305 e. The Morgan fingerprint density at radius 3 is 2.14 bits per heavy atom. The molecule has 0 radical (unpaired) electrons. The van der Waals surface area contributed by atoms with Crippen molar-refractivity contribution in [3.05, 3.63) is 35.4 Å². The molecule has 1 aliphatic carbocycles. The minimum absolute atomic E-state index is 0.0544. The Morgan fingerprint density at radius 1 is 1.09 bits per heavy atom. The highest BCUT2D eigenvalue weighted by Crippen LogP contribution is 2.34. The lowest BCUT2D eigenvalue weighted by Gasteiger charge is -2.33. The fourth-order valence-electron chi connectivity index (χ4n) is 3.47. The predicted octanol–water partition coefficient (Wildman–Crippen LogP) is 2.40. The second-order valence-electron chi connectivity index (χ2n) is 5.98. The number of ether oxygens (including phenoxy) is 1. The minimum Gasteiger partial charge on any atom is -0.469 e. The molecule has 5 heteroatoms. The Bertz CT molecular complexity index is 582. The second kappa shape index (κ2) is 5.91. The third-order valence-electron chi connectivity index (χ3n) is 4.69. The van der Waals surface area contributed by atoms with Crippen LogP contribution in [-0.2, 0) is 9.53 Å². The van der Waals surface area contributed by atoms with E-state index in [9.17, 15) is 14.4 Å². The van der Waals surface area contributed by atoms with Gasteiger partial charge in [0.2, 0.25) is 0 Å². The number of benzene rings is 1. The molecule has 2 aliphatic rings. The SMILES string of the molecule is COC(=O)CC1CCC(N2C(=O)c3ccccc3C2=O)CC1. The summed E-state index contributed by atoms with van der Waals surface area (Å²) in [5.74, 6) is -0.267. The first-order valence-electron chi connectivity index (χ1n) is 7.65. The number of imide groups is 1. The molecule has 3 rings (SSSR count). The first-order valence-corrected chi connectivity index (χ1v) is 7.65. The molecule has 1 aliphatic heterocycles. The maximum Gasteiger partial charge on any atom is 0.305 e. The number of carbonyl (C=O) groups excluding carboxylic acids is 3. The molecule has 0 spiro atoms. The molecule has 1 aromatic carbocycles. The number of carbonyl (C=O) groups is 3. The highest BCUT2D eigenvalue weighted by molar-refractivity contribution is 6.21. The summed E-state index contributed by atoms with van der Waals surface area (Å²) in [5, 5.41) is 0. The zero-order valence-corrected chi connectivity index (χ0v) is 12.6. The zero-order valence-electron chi connectivity index (χ0n) is 12.6. The number of hydrogen-bond donors (Lipinski definition) is 0. The van der Waals surface area contributed by atoms with E-state index in [1.807, 2.05) is 0 Å². The third-order valence-corrected chi connectivity index (χ3v) is 4.69. The van der Waals surface area contributed by atoms with E-state index in [-0.39, 0.29) is 23.8 Å². The number of esters is 1. The van der Waals surface area contributed by atoms with Gasteiger partial charge in [-0.1, -0.05) is 12.1 Å². The Kier molecular flexibility index (Phi) is 3.96. The number of nitrogens with zero attached hydrogens (tertiary/aromatic N) is 1. The first-order chi connectivity index (χ1) is 10.6. The largest absolute Gasteiger partial charge is 0.469 e. The molecule has 0 unspecified atom stereocenters. The summed E-state index contributed by atoms with van der Waals surface area (Å²) in [7, 11) is 1.40. The predicted molar refractivity (Wildman–Crippen MR) is 79.3 cm³/mol. The van der Waals surface area contributed by atoms with Crippen molar-refractivity contribution in [1.29, 1.82) is 0 Å². The lowest BCUT2D eigenvalue weighted by atomic mass is 9.83. The first kappa shape index (κ1) is 14.8. The molecule has 5 nitrogen and oxygen atoms in total. The number of fused-ring (bicyclic) bond motifs is 1. The molecule has 22 heavy (non-hydrogen) atoms. The van der Waals surface area contributed by atoms with E-state index in [2.05, 4.69) is 0 Å². The fraction of sp³-hybridized carbons (Fsp3) is 0.471. The van der Waals surface area contributed by atoms with Gasteiger partial charge in [0.05, 0.1) is 18.2 Å². The molecule has 0 saturated heterocycles. The van der Waals surface area contributed by atoms with Gasteiger partial charge in [-0.2, -0.15) is 0 Å². The van der Waals surface area contributed by atoms with Crippen molar-refractivity contribution in [2.75, 3.05) is 7.11 Å². The maximum absolute atomic E-state index is 12.4. The monoisotopic (exact) mass is 301 g/mol. The van der Waals surface area contributed by atoms with Gasteiger partial charge in [0.25, 0.3) is 11.8 Å². The molecule has 116 valence electrons. The van der Waals surface area contributed by atoms with Crippen molar-refractivity contribution in [3.63, 3.8) is 0 Å². The van der Waals surface area contributed by atoms with Crippen LogP contribution in [-0.4, -0.2) is 35.8 Å². The Hall–Kier alpha value is -2.17. The standard InChI is InChI=1S/C17H19NO4/c1-22-15(19)10-11-6-8-12(9-7-11)18-16(20)13-4-2-3-5-14(13)17(18)21/h2-5,11-12H,6-10H2,1H3. The van der Waals surface area contributed by atoms with E-state index in [4.69, 9.17) is 4.74 Å². The molecular weight excluding hydrogens is 282 g/mol. The van der Waals surface area contributed by atoms with Crippen molar-refractivity contribution in [3.8, 4) is 0 Å². The van der Waals surface area contributed by atoms with Crippen molar-refractivity contribution >= 4 is 17.8 Å².